The zero-order valence-corrected chi connectivity index (χ0v) is 12.5. The summed E-state index contributed by atoms with van der Waals surface area (Å²) >= 11 is 5.84. The predicted octanol–water partition coefficient (Wildman–Crippen LogP) is 3.55. The van der Waals surface area contributed by atoms with E-state index in [1.54, 1.807) is 7.11 Å². The molecule has 5 heteroatoms. The topological polar surface area (TPSA) is 58.6 Å². The van der Waals surface area contributed by atoms with Crippen LogP contribution in [0.1, 0.15) is 28.9 Å². The van der Waals surface area contributed by atoms with Gasteiger partial charge in [0.15, 0.2) is 0 Å². The summed E-state index contributed by atoms with van der Waals surface area (Å²) in [6.45, 7) is 1.86. The number of amides is 1. The molecule has 2 aromatic carbocycles. The SMILES string of the molecule is COc1ccc([C@@H](C)NC(=O)c2cc(Cl)ccc2O)cc1. The van der Waals surface area contributed by atoms with Crippen molar-refractivity contribution in [1.29, 1.82) is 0 Å². The Balaban J connectivity index is 2.12. The van der Waals surface area contributed by atoms with Gasteiger partial charge < -0.3 is 15.2 Å². The molecule has 110 valence electrons. The number of hydrogen-bond acceptors (Lipinski definition) is 3. The second-order valence-corrected chi connectivity index (χ2v) is 5.07. The summed E-state index contributed by atoms with van der Waals surface area (Å²) in [5.41, 5.74) is 1.09. The molecule has 0 aliphatic heterocycles. The maximum atomic E-state index is 12.2. The van der Waals surface area contributed by atoms with Crippen molar-refractivity contribution in [1.82, 2.24) is 5.32 Å². The summed E-state index contributed by atoms with van der Waals surface area (Å²) in [4.78, 5) is 12.2. The Hall–Kier alpha value is -2.20. The maximum Gasteiger partial charge on any atom is 0.255 e. The molecule has 0 unspecified atom stereocenters. The minimum absolute atomic E-state index is 0.0983. The van der Waals surface area contributed by atoms with E-state index in [1.165, 1.54) is 18.2 Å². The number of phenols is 1. The smallest absolute Gasteiger partial charge is 0.255 e. The molecular weight excluding hydrogens is 290 g/mol. The number of methoxy groups -OCH3 is 1. The molecule has 1 amide bonds. The summed E-state index contributed by atoms with van der Waals surface area (Å²) < 4.78 is 5.09. The van der Waals surface area contributed by atoms with E-state index in [-0.39, 0.29) is 23.3 Å². The van der Waals surface area contributed by atoms with Gasteiger partial charge in [-0.05, 0) is 42.8 Å². The Morgan fingerprint density at radius 3 is 2.52 bits per heavy atom. The summed E-state index contributed by atoms with van der Waals surface area (Å²) in [6, 6.07) is 11.6. The zero-order chi connectivity index (χ0) is 15.4. The van der Waals surface area contributed by atoms with Gasteiger partial charge in [-0.2, -0.15) is 0 Å². The summed E-state index contributed by atoms with van der Waals surface area (Å²) in [6.07, 6.45) is 0. The van der Waals surface area contributed by atoms with Crippen LogP contribution in [-0.2, 0) is 0 Å². The molecule has 0 fully saturated rings. The highest BCUT2D eigenvalue weighted by atomic mass is 35.5. The van der Waals surface area contributed by atoms with Crippen LogP contribution in [0.3, 0.4) is 0 Å². The molecule has 0 saturated carbocycles. The van der Waals surface area contributed by atoms with Crippen molar-refractivity contribution >= 4 is 17.5 Å². The van der Waals surface area contributed by atoms with Crippen LogP contribution in [0.25, 0.3) is 0 Å². The van der Waals surface area contributed by atoms with Crippen LogP contribution in [0.2, 0.25) is 5.02 Å². The molecule has 0 aliphatic carbocycles. The lowest BCUT2D eigenvalue weighted by Crippen LogP contribution is -2.26. The van der Waals surface area contributed by atoms with E-state index in [2.05, 4.69) is 5.32 Å². The average Bonchev–Trinajstić information content (AvgIpc) is 2.49. The molecule has 21 heavy (non-hydrogen) atoms. The van der Waals surface area contributed by atoms with E-state index in [1.807, 2.05) is 31.2 Å². The number of halogens is 1. The first-order valence-corrected chi connectivity index (χ1v) is 6.82. The Morgan fingerprint density at radius 1 is 1.24 bits per heavy atom. The van der Waals surface area contributed by atoms with Crippen molar-refractivity contribution in [3.8, 4) is 11.5 Å². The Kier molecular flexibility index (Phi) is 4.70. The molecule has 4 nitrogen and oxygen atoms in total. The third-order valence-corrected chi connectivity index (χ3v) is 3.40. The fourth-order valence-electron chi connectivity index (χ4n) is 1.94. The first-order valence-electron chi connectivity index (χ1n) is 6.44. The molecule has 0 spiro atoms. The summed E-state index contributed by atoms with van der Waals surface area (Å²) in [7, 11) is 1.60. The largest absolute Gasteiger partial charge is 0.507 e. The van der Waals surface area contributed by atoms with Gasteiger partial charge in [-0.25, -0.2) is 0 Å². The fraction of sp³-hybridized carbons (Fsp3) is 0.188. The predicted molar refractivity (Wildman–Crippen MR) is 82.0 cm³/mol. The number of ether oxygens (including phenoxy) is 1. The second-order valence-electron chi connectivity index (χ2n) is 4.63. The van der Waals surface area contributed by atoms with Crippen LogP contribution in [0, 0.1) is 0 Å². The van der Waals surface area contributed by atoms with Crippen LogP contribution in [0.4, 0.5) is 0 Å². The molecule has 0 heterocycles. The molecule has 0 bridgehead atoms. The van der Waals surface area contributed by atoms with Crippen molar-refractivity contribution in [3.63, 3.8) is 0 Å². The molecule has 0 aliphatic rings. The normalized spacial score (nSPS) is 11.8. The van der Waals surface area contributed by atoms with Crippen molar-refractivity contribution < 1.29 is 14.6 Å². The Labute approximate surface area is 128 Å². The first-order chi connectivity index (χ1) is 10.0. The fourth-order valence-corrected chi connectivity index (χ4v) is 2.11. The van der Waals surface area contributed by atoms with E-state index in [0.717, 1.165) is 11.3 Å². The van der Waals surface area contributed by atoms with Gasteiger partial charge in [0.25, 0.3) is 5.91 Å². The van der Waals surface area contributed by atoms with Crippen molar-refractivity contribution in [2.45, 2.75) is 13.0 Å². The minimum Gasteiger partial charge on any atom is -0.507 e. The summed E-state index contributed by atoms with van der Waals surface area (Å²) in [5.74, 6) is 0.280. The number of hydrogen-bond donors (Lipinski definition) is 2. The van der Waals surface area contributed by atoms with Crippen molar-refractivity contribution in [3.05, 3.63) is 58.6 Å². The van der Waals surface area contributed by atoms with Gasteiger partial charge in [0, 0.05) is 5.02 Å². The van der Waals surface area contributed by atoms with E-state index >= 15 is 0 Å². The number of aromatic hydroxyl groups is 1. The molecule has 0 radical (unpaired) electrons. The number of benzene rings is 2. The molecule has 2 rings (SSSR count). The van der Waals surface area contributed by atoms with Gasteiger partial charge in [0.1, 0.15) is 11.5 Å². The monoisotopic (exact) mass is 305 g/mol. The molecule has 1 atom stereocenters. The van der Waals surface area contributed by atoms with Crippen LogP contribution in [0.5, 0.6) is 11.5 Å². The van der Waals surface area contributed by atoms with Gasteiger partial charge in [0.2, 0.25) is 0 Å². The number of carbonyl (C=O) groups is 1. The number of rotatable bonds is 4. The molecule has 0 aromatic heterocycles. The highest BCUT2D eigenvalue weighted by Crippen LogP contribution is 2.23. The Bertz CT molecular complexity index is 640. The lowest BCUT2D eigenvalue weighted by Gasteiger charge is -2.15. The van der Waals surface area contributed by atoms with Gasteiger partial charge in [-0.3, -0.25) is 4.79 Å². The zero-order valence-electron chi connectivity index (χ0n) is 11.8. The van der Waals surface area contributed by atoms with Crippen LogP contribution in [-0.4, -0.2) is 18.1 Å². The van der Waals surface area contributed by atoms with Gasteiger partial charge >= 0.3 is 0 Å². The molecule has 0 saturated heterocycles. The summed E-state index contributed by atoms with van der Waals surface area (Å²) in [5, 5.41) is 12.9. The third kappa shape index (κ3) is 3.67. The quantitative estimate of drug-likeness (QED) is 0.908. The van der Waals surface area contributed by atoms with Crippen LogP contribution >= 0.6 is 11.6 Å². The highest BCUT2D eigenvalue weighted by molar-refractivity contribution is 6.31. The first kappa shape index (κ1) is 15.2. The van der Waals surface area contributed by atoms with Gasteiger partial charge in [-0.1, -0.05) is 23.7 Å². The Morgan fingerprint density at radius 2 is 1.90 bits per heavy atom. The van der Waals surface area contributed by atoms with Crippen molar-refractivity contribution in [2.75, 3.05) is 7.11 Å². The second kappa shape index (κ2) is 6.50. The third-order valence-electron chi connectivity index (χ3n) is 3.17. The average molecular weight is 306 g/mol. The van der Waals surface area contributed by atoms with Crippen molar-refractivity contribution in [2.24, 2.45) is 0 Å². The van der Waals surface area contributed by atoms with E-state index < -0.39 is 0 Å². The number of carbonyl (C=O) groups excluding carboxylic acids is 1. The maximum absolute atomic E-state index is 12.2. The van der Waals surface area contributed by atoms with Gasteiger partial charge in [-0.15, -0.1) is 0 Å². The number of phenolic OH excluding ortho intramolecular Hbond substituents is 1. The molecule has 2 aromatic rings. The van der Waals surface area contributed by atoms with E-state index in [9.17, 15) is 9.90 Å². The highest BCUT2D eigenvalue weighted by Gasteiger charge is 2.15. The molecular formula is C16H16ClNO3. The van der Waals surface area contributed by atoms with Crippen LogP contribution < -0.4 is 10.1 Å². The standard InChI is InChI=1S/C16H16ClNO3/c1-10(11-3-6-13(21-2)7-4-11)18-16(20)14-9-12(17)5-8-15(14)19/h3-10,19H,1-2H3,(H,18,20)/t10-/m1/s1. The van der Waals surface area contributed by atoms with E-state index in [4.69, 9.17) is 16.3 Å². The lowest BCUT2D eigenvalue weighted by molar-refractivity contribution is 0.0937. The lowest BCUT2D eigenvalue weighted by atomic mass is 10.1. The minimum atomic E-state index is -0.377. The molecule has 2 N–H and O–H groups in total. The van der Waals surface area contributed by atoms with Gasteiger partial charge in [0.05, 0.1) is 18.7 Å². The number of nitrogens with one attached hydrogen (secondary N) is 1. The van der Waals surface area contributed by atoms with E-state index in [0.29, 0.717) is 5.02 Å². The van der Waals surface area contributed by atoms with Crippen LogP contribution in [0.15, 0.2) is 42.5 Å².